The van der Waals surface area contributed by atoms with E-state index in [1.54, 1.807) is 12.5 Å². The lowest BCUT2D eigenvalue weighted by Gasteiger charge is -2.26. The summed E-state index contributed by atoms with van der Waals surface area (Å²) in [5, 5.41) is 0. The molecule has 19 heavy (non-hydrogen) atoms. The molecule has 0 spiro atoms. The van der Waals surface area contributed by atoms with Crippen LogP contribution in [0.5, 0.6) is 0 Å². The van der Waals surface area contributed by atoms with Gasteiger partial charge in [-0.25, -0.2) is 4.98 Å². The van der Waals surface area contributed by atoms with Gasteiger partial charge in [0.15, 0.2) is 0 Å². The van der Waals surface area contributed by atoms with E-state index in [-0.39, 0.29) is 11.9 Å². The first-order valence-electron chi connectivity index (χ1n) is 6.47. The number of aromatic amines is 1. The van der Waals surface area contributed by atoms with Crippen LogP contribution in [0, 0.1) is 0 Å². The van der Waals surface area contributed by atoms with Crippen LogP contribution in [0.4, 0.5) is 0 Å². The third-order valence-electron chi connectivity index (χ3n) is 3.04. The van der Waals surface area contributed by atoms with E-state index in [0.717, 1.165) is 11.3 Å². The molecule has 2 aromatic rings. The summed E-state index contributed by atoms with van der Waals surface area (Å²) in [6, 6.07) is 10.2. The van der Waals surface area contributed by atoms with Crippen LogP contribution < -0.4 is 0 Å². The fraction of sp³-hybridized carbons (Fsp3) is 0.333. The maximum atomic E-state index is 12.3. The second-order valence-corrected chi connectivity index (χ2v) is 4.85. The van der Waals surface area contributed by atoms with Gasteiger partial charge in [0.1, 0.15) is 0 Å². The molecule has 1 heterocycles. The molecule has 4 nitrogen and oxygen atoms in total. The molecule has 0 atom stereocenters. The highest BCUT2D eigenvalue weighted by molar-refractivity contribution is 5.78. The van der Waals surface area contributed by atoms with Crippen LogP contribution in [0.25, 0.3) is 0 Å². The van der Waals surface area contributed by atoms with E-state index in [4.69, 9.17) is 0 Å². The van der Waals surface area contributed by atoms with Crippen LogP contribution in [0.1, 0.15) is 25.1 Å². The van der Waals surface area contributed by atoms with Gasteiger partial charge in [-0.2, -0.15) is 0 Å². The smallest absolute Gasteiger partial charge is 0.229 e. The Balaban J connectivity index is 2.05. The van der Waals surface area contributed by atoms with E-state index in [9.17, 15) is 4.79 Å². The molecule has 4 heteroatoms. The predicted octanol–water partition coefficient (Wildman–Crippen LogP) is 2.39. The molecular formula is C15H19N3O. The number of carbonyl (C=O) groups is 1. The van der Waals surface area contributed by atoms with Gasteiger partial charge in [0.25, 0.3) is 0 Å². The number of imidazole rings is 1. The molecule has 0 saturated carbocycles. The van der Waals surface area contributed by atoms with Crippen molar-refractivity contribution in [3.05, 3.63) is 54.1 Å². The molecule has 0 unspecified atom stereocenters. The number of nitrogens with one attached hydrogen (secondary N) is 1. The molecule has 0 saturated heterocycles. The van der Waals surface area contributed by atoms with Crippen LogP contribution in [0.3, 0.4) is 0 Å². The third-order valence-corrected chi connectivity index (χ3v) is 3.04. The molecule has 0 aliphatic heterocycles. The summed E-state index contributed by atoms with van der Waals surface area (Å²) in [6.45, 7) is 4.72. The van der Waals surface area contributed by atoms with Gasteiger partial charge in [-0.15, -0.1) is 0 Å². The third kappa shape index (κ3) is 3.68. The zero-order valence-electron chi connectivity index (χ0n) is 11.3. The number of benzene rings is 1. The largest absolute Gasteiger partial charge is 0.348 e. The van der Waals surface area contributed by atoms with Crippen molar-refractivity contribution < 1.29 is 4.79 Å². The molecule has 0 fully saturated rings. The van der Waals surface area contributed by atoms with Gasteiger partial charge in [0.05, 0.1) is 12.7 Å². The average molecular weight is 257 g/mol. The second-order valence-electron chi connectivity index (χ2n) is 4.85. The zero-order chi connectivity index (χ0) is 13.7. The van der Waals surface area contributed by atoms with Crippen molar-refractivity contribution >= 4 is 5.91 Å². The average Bonchev–Trinajstić information content (AvgIpc) is 2.89. The van der Waals surface area contributed by atoms with Crippen LogP contribution in [-0.2, 0) is 17.8 Å². The molecule has 0 radical (unpaired) electrons. The Bertz CT molecular complexity index is 505. The van der Waals surface area contributed by atoms with E-state index in [1.165, 1.54) is 0 Å². The highest BCUT2D eigenvalue weighted by Crippen LogP contribution is 2.10. The standard InChI is InChI=1S/C15H19N3O/c1-12(2)18(10-13-6-4-3-5-7-13)15(19)8-14-9-16-11-17-14/h3-7,9,11-12H,8,10H2,1-2H3,(H,16,17). The Labute approximate surface area is 113 Å². The Kier molecular flexibility index (Phi) is 4.34. The first-order chi connectivity index (χ1) is 9.16. The zero-order valence-corrected chi connectivity index (χ0v) is 11.3. The molecule has 1 aromatic carbocycles. The number of nitrogens with zero attached hydrogens (tertiary/aromatic N) is 2. The van der Waals surface area contributed by atoms with Gasteiger partial charge >= 0.3 is 0 Å². The minimum Gasteiger partial charge on any atom is -0.348 e. The quantitative estimate of drug-likeness (QED) is 0.894. The maximum Gasteiger partial charge on any atom is 0.229 e. The van der Waals surface area contributed by atoms with Gasteiger partial charge < -0.3 is 9.88 Å². The predicted molar refractivity (Wildman–Crippen MR) is 74.4 cm³/mol. The Morgan fingerprint density at radius 1 is 1.32 bits per heavy atom. The SMILES string of the molecule is CC(C)N(Cc1ccccc1)C(=O)Cc1cnc[nH]1. The van der Waals surface area contributed by atoms with Crippen molar-refractivity contribution in [3.63, 3.8) is 0 Å². The van der Waals surface area contributed by atoms with Crippen LogP contribution in [-0.4, -0.2) is 26.8 Å². The van der Waals surface area contributed by atoms with Crippen molar-refractivity contribution in [1.29, 1.82) is 0 Å². The first-order valence-corrected chi connectivity index (χ1v) is 6.47. The summed E-state index contributed by atoms with van der Waals surface area (Å²) in [7, 11) is 0. The Morgan fingerprint density at radius 2 is 2.05 bits per heavy atom. The summed E-state index contributed by atoms with van der Waals surface area (Å²) in [6.07, 6.45) is 3.66. The fourth-order valence-electron chi connectivity index (χ4n) is 1.98. The molecule has 1 N–H and O–H groups in total. The van der Waals surface area contributed by atoms with Crippen LogP contribution in [0.15, 0.2) is 42.9 Å². The van der Waals surface area contributed by atoms with Crippen molar-refractivity contribution in [1.82, 2.24) is 14.9 Å². The number of rotatable bonds is 5. The lowest BCUT2D eigenvalue weighted by atomic mass is 10.1. The number of hydrogen-bond donors (Lipinski definition) is 1. The molecule has 0 aliphatic carbocycles. The van der Waals surface area contributed by atoms with Crippen LogP contribution >= 0.6 is 0 Å². The van der Waals surface area contributed by atoms with Crippen molar-refractivity contribution in [3.8, 4) is 0 Å². The minimum atomic E-state index is 0.114. The van der Waals surface area contributed by atoms with Crippen LogP contribution in [0.2, 0.25) is 0 Å². The Hall–Kier alpha value is -2.10. The molecule has 1 aromatic heterocycles. The Morgan fingerprint density at radius 3 is 2.63 bits per heavy atom. The topological polar surface area (TPSA) is 49.0 Å². The second kappa shape index (κ2) is 6.18. The van der Waals surface area contributed by atoms with E-state index in [1.807, 2.05) is 49.1 Å². The molecule has 0 aliphatic rings. The van der Waals surface area contributed by atoms with Gasteiger partial charge in [0, 0.05) is 24.5 Å². The monoisotopic (exact) mass is 257 g/mol. The number of hydrogen-bond acceptors (Lipinski definition) is 2. The summed E-state index contributed by atoms with van der Waals surface area (Å²) in [5.74, 6) is 0.114. The summed E-state index contributed by atoms with van der Waals surface area (Å²) in [5.41, 5.74) is 2.00. The molecule has 0 bridgehead atoms. The van der Waals surface area contributed by atoms with Crippen molar-refractivity contribution in [2.45, 2.75) is 32.9 Å². The van der Waals surface area contributed by atoms with Gasteiger partial charge in [0.2, 0.25) is 5.91 Å². The lowest BCUT2D eigenvalue weighted by molar-refractivity contribution is -0.132. The summed E-state index contributed by atoms with van der Waals surface area (Å²) < 4.78 is 0. The first kappa shape index (κ1) is 13.3. The van der Waals surface area contributed by atoms with Gasteiger partial charge in [-0.3, -0.25) is 4.79 Å². The highest BCUT2D eigenvalue weighted by atomic mass is 16.2. The molecular weight excluding hydrogens is 238 g/mol. The van der Waals surface area contributed by atoms with Crippen molar-refractivity contribution in [2.75, 3.05) is 0 Å². The molecule has 2 rings (SSSR count). The number of carbonyl (C=O) groups excluding carboxylic acids is 1. The fourth-order valence-corrected chi connectivity index (χ4v) is 1.98. The normalized spacial score (nSPS) is 10.7. The van der Waals surface area contributed by atoms with Gasteiger partial charge in [-0.1, -0.05) is 30.3 Å². The van der Waals surface area contributed by atoms with E-state index < -0.39 is 0 Å². The molecule has 100 valence electrons. The summed E-state index contributed by atoms with van der Waals surface area (Å²) >= 11 is 0. The number of aromatic nitrogens is 2. The van der Waals surface area contributed by atoms with E-state index >= 15 is 0 Å². The van der Waals surface area contributed by atoms with Crippen molar-refractivity contribution in [2.24, 2.45) is 0 Å². The maximum absolute atomic E-state index is 12.3. The van der Waals surface area contributed by atoms with E-state index in [0.29, 0.717) is 13.0 Å². The highest BCUT2D eigenvalue weighted by Gasteiger charge is 2.17. The minimum absolute atomic E-state index is 0.114. The number of H-pyrrole nitrogens is 1. The van der Waals surface area contributed by atoms with E-state index in [2.05, 4.69) is 9.97 Å². The number of amides is 1. The summed E-state index contributed by atoms with van der Waals surface area (Å²) in [4.78, 5) is 21.1. The molecule has 1 amide bonds. The van der Waals surface area contributed by atoms with Gasteiger partial charge in [-0.05, 0) is 19.4 Å². The lowest BCUT2D eigenvalue weighted by Crippen LogP contribution is -2.37.